The minimum atomic E-state index is -3.76. The first-order valence-corrected chi connectivity index (χ1v) is 16.7. The molecule has 0 spiro atoms. The lowest BCUT2D eigenvalue weighted by Crippen LogP contribution is -2.28. The summed E-state index contributed by atoms with van der Waals surface area (Å²) in [5.74, 6) is 0.989. The molecule has 5 rings (SSSR count). The molecule has 15 heteroatoms. The number of carbonyl (C=O) groups is 2. The molecule has 3 heterocycles. The summed E-state index contributed by atoms with van der Waals surface area (Å²) >= 11 is 2.46. The van der Waals surface area contributed by atoms with Crippen molar-refractivity contribution in [1.29, 1.82) is 0 Å². The number of thioether (sulfide) groups is 1. The summed E-state index contributed by atoms with van der Waals surface area (Å²) in [7, 11) is -3.76. The summed E-state index contributed by atoms with van der Waals surface area (Å²) in [6, 6.07) is 13.4. The van der Waals surface area contributed by atoms with Crippen LogP contribution in [0.25, 0.3) is 10.2 Å². The first-order chi connectivity index (χ1) is 20.7. The van der Waals surface area contributed by atoms with Crippen molar-refractivity contribution in [2.75, 3.05) is 19.1 Å². The second-order valence-electron chi connectivity index (χ2n) is 9.63. The number of ether oxygens (including phenoxy) is 2. The van der Waals surface area contributed by atoms with E-state index in [1.807, 2.05) is 12.1 Å². The van der Waals surface area contributed by atoms with Crippen LogP contribution >= 0.6 is 23.1 Å². The summed E-state index contributed by atoms with van der Waals surface area (Å²) in [4.78, 5) is 42.9. The Balaban J connectivity index is 1.12. The molecule has 0 unspecified atom stereocenters. The zero-order valence-electron chi connectivity index (χ0n) is 22.9. The molecule has 0 radical (unpaired) electrons. The number of sulfonamides is 1. The maximum absolute atomic E-state index is 13.2. The predicted octanol–water partition coefficient (Wildman–Crippen LogP) is 2.38. The van der Waals surface area contributed by atoms with Gasteiger partial charge in [0, 0.05) is 26.1 Å². The molecular weight excluding hydrogens is 615 g/mol. The first-order valence-electron chi connectivity index (χ1n) is 13.3. The maximum Gasteiger partial charge on any atom is 0.272 e. The largest absolute Gasteiger partial charge is 0.454 e. The van der Waals surface area contributed by atoms with Gasteiger partial charge in [-0.3, -0.25) is 19.0 Å². The van der Waals surface area contributed by atoms with Crippen molar-refractivity contribution in [3.05, 3.63) is 75.4 Å². The zero-order valence-corrected chi connectivity index (χ0v) is 25.4. The Kier molecular flexibility index (Phi) is 9.65. The number of thiophene rings is 1. The Labute approximate surface area is 255 Å². The number of hydrogen-bond donors (Lipinski definition) is 3. The fraction of sp³-hybridized carbons (Fsp3) is 0.286. The summed E-state index contributed by atoms with van der Waals surface area (Å²) in [5.41, 5.74) is 2.10. The van der Waals surface area contributed by atoms with Crippen molar-refractivity contribution in [3.63, 3.8) is 0 Å². The van der Waals surface area contributed by atoms with Crippen molar-refractivity contribution >= 4 is 55.2 Å². The molecule has 4 N–H and O–H groups in total. The molecule has 1 aliphatic rings. The number of primary sulfonamides is 1. The summed E-state index contributed by atoms with van der Waals surface area (Å²) in [5, 5.41) is 13.0. The summed E-state index contributed by atoms with van der Waals surface area (Å²) < 4.78 is 35.5. The van der Waals surface area contributed by atoms with Gasteiger partial charge in [0.05, 0.1) is 16.2 Å². The first kappa shape index (κ1) is 30.5. The molecule has 12 nitrogen and oxygen atoms in total. The van der Waals surface area contributed by atoms with Gasteiger partial charge < -0.3 is 20.1 Å². The molecule has 0 bridgehead atoms. The molecule has 2 aromatic heterocycles. The van der Waals surface area contributed by atoms with Crippen LogP contribution in [0, 0.1) is 0 Å². The quantitative estimate of drug-likeness (QED) is 0.146. The number of rotatable bonds is 13. The van der Waals surface area contributed by atoms with E-state index in [1.165, 1.54) is 28.0 Å². The van der Waals surface area contributed by atoms with Gasteiger partial charge in [0.2, 0.25) is 28.6 Å². The molecule has 226 valence electrons. The highest BCUT2D eigenvalue weighted by molar-refractivity contribution is 7.99. The van der Waals surface area contributed by atoms with Gasteiger partial charge in [-0.05, 0) is 59.7 Å². The van der Waals surface area contributed by atoms with Crippen molar-refractivity contribution in [1.82, 2.24) is 20.2 Å². The minimum absolute atomic E-state index is 0.0275. The number of nitrogens with one attached hydrogen (secondary N) is 2. The maximum atomic E-state index is 13.2. The molecule has 4 aromatic rings. The van der Waals surface area contributed by atoms with Crippen LogP contribution in [0.2, 0.25) is 0 Å². The van der Waals surface area contributed by atoms with Gasteiger partial charge in [0.15, 0.2) is 16.7 Å². The topological polar surface area (TPSA) is 172 Å². The van der Waals surface area contributed by atoms with Gasteiger partial charge in [0.1, 0.15) is 4.70 Å². The summed E-state index contributed by atoms with van der Waals surface area (Å²) in [6.45, 7) is 1.15. The third-order valence-electron chi connectivity index (χ3n) is 6.56. The van der Waals surface area contributed by atoms with E-state index in [0.717, 1.165) is 22.9 Å². The number of carbonyl (C=O) groups excluding carboxylic acids is 2. The number of aromatic nitrogens is 2. The number of nitrogens with two attached hydrogens (primary N) is 1. The molecule has 0 saturated heterocycles. The fourth-order valence-corrected chi connectivity index (χ4v) is 6.49. The van der Waals surface area contributed by atoms with Crippen LogP contribution in [-0.4, -0.2) is 48.9 Å². The Morgan fingerprint density at radius 1 is 1.02 bits per heavy atom. The Hall–Kier alpha value is -3.92. The van der Waals surface area contributed by atoms with Crippen LogP contribution in [0.1, 0.15) is 24.0 Å². The van der Waals surface area contributed by atoms with Gasteiger partial charge in [-0.2, -0.15) is 0 Å². The van der Waals surface area contributed by atoms with Crippen LogP contribution in [0.15, 0.2) is 68.8 Å². The third kappa shape index (κ3) is 7.93. The highest BCUT2D eigenvalue weighted by atomic mass is 32.2. The van der Waals surface area contributed by atoms with Gasteiger partial charge in [-0.25, -0.2) is 18.5 Å². The van der Waals surface area contributed by atoms with Gasteiger partial charge >= 0.3 is 0 Å². The molecule has 1 aliphatic heterocycles. The normalized spacial score (nSPS) is 12.4. The second kappa shape index (κ2) is 13.6. The van der Waals surface area contributed by atoms with E-state index in [-0.39, 0.29) is 47.8 Å². The second-order valence-corrected chi connectivity index (χ2v) is 13.1. The lowest BCUT2D eigenvalue weighted by atomic mass is 10.1. The van der Waals surface area contributed by atoms with E-state index in [9.17, 15) is 22.8 Å². The average Bonchev–Trinajstić information content (AvgIpc) is 3.65. The minimum Gasteiger partial charge on any atom is -0.454 e. The van der Waals surface area contributed by atoms with E-state index in [1.54, 1.807) is 29.6 Å². The number of amides is 2. The van der Waals surface area contributed by atoms with Crippen molar-refractivity contribution in [3.8, 4) is 11.5 Å². The lowest BCUT2D eigenvalue weighted by molar-refractivity contribution is -0.121. The van der Waals surface area contributed by atoms with E-state index >= 15 is 0 Å². The molecule has 0 aliphatic carbocycles. The van der Waals surface area contributed by atoms with Crippen LogP contribution in [-0.2, 0) is 39.1 Å². The molecule has 0 atom stereocenters. The van der Waals surface area contributed by atoms with E-state index in [4.69, 9.17) is 14.6 Å². The van der Waals surface area contributed by atoms with Gasteiger partial charge in [-0.15, -0.1) is 11.3 Å². The number of fused-ring (bicyclic) bond motifs is 2. The number of nitrogens with zero attached hydrogens (tertiary/aromatic N) is 2. The highest BCUT2D eigenvalue weighted by Gasteiger charge is 2.16. The van der Waals surface area contributed by atoms with E-state index in [2.05, 4.69) is 15.6 Å². The molecular formula is C28H29N5O7S3. The zero-order chi connectivity index (χ0) is 30.4. The molecule has 2 aromatic carbocycles. The van der Waals surface area contributed by atoms with Crippen LogP contribution in [0.5, 0.6) is 11.5 Å². The van der Waals surface area contributed by atoms with Gasteiger partial charge in [0.25, 0.3) is 5.56 Å². The lowest BCUT2D eigenvalue weighted by Gasteiger charge is -2.12. The predicted molar refractivity (Wildman–Crippen MR) is 163 cm³/mol. The van der Waals surface area contributed by atoms with Gasteiger partial charge in [-0.1, -0.05) is 30.0 Å². The van der Waals surface area contributed by atoms with E-state index in [0.29, 0.717) is 52.8 Å². The SMILES string of the molecule is NS(=O)(=O)c1ccc(CCNC(=O)CSc2nc3ccsc3c(=O)n2CCCC(=O)NCc2ccc3c(c2)OCO3)cc1. The average molecular weight is 644 g/mol. The van der Waals surface area contributed by atoms with E-state index < -0.39 is 10.0 Å². The number of hydrogen-bond acceptors (Lipinski definition) is 10. The Morgan fingerprint density at radius 2 is 1.79 bits per heavy atom. The van der Waals surface area contributed by atoms with Crippen LogP contribution in [0.3, 0.4) is 0 Å². The monoisotopic (exact) mass is 643 g/mol. The van der Waals surface area contributed by atoms with Crippen LogP contribution < -0.4 is 30.8 Å². The van der Waals surface area contributed by atoms with Crippen LogP contribution in [0.4, 0.5) is 0 Å². The highest BCUT2D eigenvalue weighted by Crippen LogP contribution is 2.32. The smallest absolute Gasteiger partial charge is 0.272 e. The fourth-order valence-electron chi connectivity index (χ4n) is 4.34. The Bertz CT molecular complexity index is 1800. The standard InChI is InChI=1S/C28H29N5O7S3/c29-43(37,38)20-6-3-18(4-7-20)9-11-30-25(35)16-42-28-32-21-10-13-41-26(21)27(36)33(28)12-1-2-24(34)31-15-19-5-8-22-23(14-19)40-17-39-22/h3-8,10,13-14H,1-2,9,11-12,15-17H2,(H,30,35)(H,31,34)(H2,29,37,38). The molecule has 43 heavy (non-hydrogen) atoms. The molecule has 0 saturated carbocycles. The van der Waals surface area contributed by atoms with Crippen molar-refractivity contribution in [2.45, 2.75) is 42.4 Å². The molecule has 0 fully saturated rings. The van der Waals surface area contributed by atoms with Crippen molar-refractivity contribution < 1.29 is 27.5 Å². The summed E-state index contributed by atoms with van der Waals surface area (Å²) in [6.07, 6.45) is 1.12. The Morgan fingerprint density at radius 3 is 2.58 bits per heavy atom. The molecule has 2 amide bonds. The van der Waals surface area contributed by atoms with Crippen molar-refractivity contribution in [2.24, 2.45) is 5.14 Å². The third-order valence-corrected chi connectivity index (χ3v) is 9.36. The number of benzene rings is 2.